The Morgan fingerprint density at radius 1 is 1.13 bits per heavy atom. The lowest BCUT2D eigenvalue weighted by atomic mass is 10.1. The molecule has 2 amide bonds. The molecule has 2 aromatic heterocycles. The Kier molecular flexibility index (Phi) is 5.19. The summed E-state index contributed by atoms with van der Waals surface area (Å²) in [5.41, 5.74) is 1.63. The number of ether oxygens (including phenoxy) is 1. The largest absolute Gasteiger partial charge is 0.495 e. The zero-order valence-electron chi connectivity index (χ0n) is 17.2. The van der Waals surface area contributed by atoms with Crippen molar-refractivity contribution in [3.63, 3.8) is 0 Å². The summed E-state index contributed by atoms with van der Waals surface area (Å²) in [7, 11) is 1.59. The molecule has 8 nitrogen and oxygen atoms in total. The van der Waals surface area contributed by atoms with Crippen molar-refractivity contribution in [3.8, 4) is 5.75 Å². The van der Waals surface area contributed by atoms with E-state index < -0.39 is 0 Å². The molecule has 0 radical (unpaired) electrons. The molecule has 1 atom stereocenters. The number of para-hydroxylation sites is 2. The Bertz CT molecular complexity index is 1090. The molecule has 0 N–H and O–H groups in total. The Balaban J connectivity index is 1.23. The first kappa shape index (κ1) is 19.7. The Labute approximate surface area is 184 Å². The average molecular weight is 438 g/mol. The van der Waals surface area contributed by atoms with E-state index in [-0.39, 0.29) is 24.2 Å². The van der Waals surface area contributed by atoms with Crippen LogP contribution in [0.4, 0.5) is 10.8 Å². The van der Waals surface area contributed by atoms with Crippen LogP contribution >= 0.6 is 11.3 Å². The van der Waals surface area contributed by atoms with Gasteiger partial charge in [0.15, 0.2) is 5.13 Å². The minimum Gasteiger partial charge on any atom is -0.495 e. The molecule has 0 bridgehead atoms. The number of methoxy groups -OCH3 is 1. The summed E-state index contributed by atoms with van der Waals surface area (Å²) < 4.78 is 5.39. The molecule has 1 aromatic carbocycles. The summed E-state index contributed by atoms with van der Waals surface area (Å²) in [6.07, 6.45) is 2.01. The number of carbonyl (C=O) groups is 2. The number of rotatable bonds is 4. The van der Waals surface area contributed by atoms with Gasteiger partial charge in [-0.3, -0.25) is 9.59 Å². The average Bonchev–Trinajstić information content (AvgIpc) is 3.42. The molecular formula is C22H23N5O3S. The van der Waals surface area contributed by atoms with Crippen LogP contribution in [0.25, 0.3) is 10.3 Å². The molecule has 9 heteroatoms. The monoisotopic (exact) mass is 437 g/mol. The van der Waals surface area contributed by atoms with Gasteiger partial charge in [-0.25, -0.2) is 9.97 Å². The van der Waals surface area contributed by atoms with Crippen LogP contribution in [0.5, 0.6) is 5.75 Å². The maximum absolute atomic E-state index is 13.1. The topological polar surface area (TPSA) is 78.9 Å². The fourth-order valence-corrected chi connectivity index (χ4v) is 5.19. The molecule has 4 heterocycles. The number of nitrogens with zero attached hydrogens (tertiary/aromatic N) is 5. The number of benzene rings is 1. The second-order valence-corrected chi connectivity index (χ2v) is 8.67. The van der Waals surface area contributed by atoms with Crippen molar-refractivity contribution in [2.45, 2.75) is 6.42 Å². The zero-order chi connectivity index (χ0) is 21.4. The quantitative estimate of drug-likeness (QED) is 0.624. The van der Waals surface area contributed by atoms with E-state index in [1.807, 2.05) is 41.3 Å². The Hall–Kier alpha value is -3.20. The molecule has 160 valence electrons. The lowest BCUT2D eigenvalue weighted by Crippen LogP contribution is -2.50. The van der Waals surface area contributed by atoms with Gasteiger partial charge in [0.25, 0.3) is 0 Å². The van der Waals surface area contributed by atoms with E-state index in [0.717, 1.165) is 34.3 Å². The van der Waals surface area contributed by atoms with Crippen LogP contribution < -0.4 is 14.5 Å². The second kappa shape index (κ2) is 8.14. The lowest BCUT2D eigenvalue weighted by molar-refractivity contribution is -0.136. The highest BCUT2D eigenvalue weighted by Gasteiger charge is 2.38. The van der Waals surface area contributed by atoms with E-state index in [1.54, 1.807) is 29.5 Å². The molecule has 0 spiro atoms. The van der Waals surface area contributed by atoms with Gasteiger partial charge in [0, 0.05) is 45.3 Å². The van der Waals surface area contributed by atoms with E-state index in [9.17, 15) is 9.59 Å². The maximum Gasteiger partial charge on any atom is 0.228 e. The van der Waals surface area contributed by atoms with Crippen LogP contribution in [0, 0.1) is 5.92 Å². The molecule has 0 saturated carbocycles. The molecule has 3 aromatic rings. The standard InChI is InChI=1S/C22H23N5O3S/c1-30-18-7-3-2-6-17(18)27-14-15(13-19(27)28)21(29)25-9-11-26(12-10-25)22-24-16-5-4-8-23-20(16)31-22/h2-8,15H,9-14H2,1H3. The third kappa shape index (κ3) is 3.69. The zero-order valence-corrected chi connectivity index (χ0v) is 18.0. The number of amides is 2. The molecule has 31 heavy (non-hydrogen) atoms. The summed E-state index contributed by atoms with van der Waals surface area (Å²) in [6, 6.07) is 11.3. The van der Waals surface area contributed by atoms with Crippen molar-refractivity contribution < 1.29 is 14.3 Å². The third-order valence-electron chi connectivity index (χ3n) is 5.87. The Morgan fingerprint density at radius 2 is 1.94 bits per heavy atom. The van der Waals surface area contributed by atoms with Gasteiger partial charge < -0.3 is 19.4 Å². The van der Waals surface area contributed by atoms with Gasteiger partial charge in [0.05, 0.1) is 18.7 Å². The summed E-state index contributed by atoms with van der Waals surface area (Å²) in [6.45, 7) is 3.09. The number of hydrogen-bond donors (Lipinski definition) is 0. The third-order valence-corrected chi connectivity index (χ3v) is 6.91. The second-order valence-electron chi connectivity index (χ2n) is 7.71. The van der Waals surface area contributed by atoms with E-state index in [1.165, 1.54) is 0 Å². The fourth-order valence-electron chi connectivity index (χ4n) is 4.23. The van der Waals surface area contributed by atoms with Crippen molar-refractivity contribution >= 4 is 44.3 Å². The molecule has 2 aliphatic heterocycles. The highest BCUT2D eigenvalue weighted by atomic mass is 32.1. The van der Waals surface area contributed by atoms with Crippen LogP contribution in [0.3, 0.4) is 0 Å². The molecule has 2 fully saturated rings. The minimum atomic E-state index is -0.324. The minimum absolute atomic E-state index is 0.0385. The molecule has 1 unspecified atom stereocenters. The summed E-state index contributed by atoms with van der Waals surface area (Å²) in [4.78, 5) is 41.5. The number of anilines is 2. The molecule has 0 aliphatic carbocycles. The summed E-state index contributed by atoms with van der Waals surface area (Å²) in [5, 5.41) is 0.944. The van der Waals surface area contributed by atoms with E-state index in [2.05, 4.69) is 14.9 Å². The SMILES string of the molecule is COc1ccccc1N1CC(C(=O)N2CCN(c3nc4cccnc4s3)CC2)CC1=O. The van der Waals surface area contributed by atoms with Gasteiger partial charge in [-0.2, -0.15) is 0 Å². The van der Waals surface area contributed by atoms with Crippen LogP contribution in [0.15, 0.2) is 42.6 Å². The number of hydrogen-bond acceptors (Lipinski definition) is 7. The van der Waals surface area contributed by atoms with Crippen LogP contribution in [-0.2, 0) is 9.59 Å². The summed E-state index contributed by atoms with van der Waals surface area (Å²) >= 11 is 1.58. The first-order valence-electron chi connectivity index (χ1n) is 10.3. The van der Waals surface area contributed by atoms with Gasteiger partial charge in [-0.1, -0.05) is 23.5 Å². The molecule has 5 rings (SSSR count). The van der Waals surface area contributed by atoms with Gasteiger partial charge in [0.1, 0.15) is 16.1 Å². The van der Waals surface area contributed by atoms with Crippen molar-refractivity contribution in [2.75, 3.05) is 49.6 Å². The smallest absolute Gasteiger partial charge is 0.228 e. The number of aromatic nitrogens is 2. The van der Waals surface area contributed by atoms with Crippen molar-refractivity contribution in [1.82, 2.24) is 14.9 Å². The normalized spacial score (nSPS) is 19.3. The highest BCUT2D eigenvalue weighted by Crippen LogP contribution is 2.34. The number of piperazine rings is 1. The van der Waals surface area contributed by atoms with E-state index >= 15 is 0 Å². The predicted octanol–water partition coefficient (Wildman–Crippen LogP) is 2.40. The van der Waals surface area contributed by atoms with Crippen molar-refractivity contribution in [3.05, 3.63) is 42.6 Å². The number of pyridine rings is 1. The summed E-state index contributed by atoms with van der Waals surface area (Å²) in [5.74, 6) is 0.332. The van der Waals surface area contributed by atoms with Gasteiger partial charge >= 0.3 is 0 Å². The van der Waals surface area contributed by atoms with Gasteiger partial charge in [-0.05, 0) is 24.3 Å². The fraction of sp³-hybridized carbons (Fsp3) is 0.364. The molecular weight excluding hydrogens is 414 g/mol. The Morgan fingerprint density at radius 3 is 2.71 bits per heavy atom. The number of carbonyl (C=O) groups excluding carboxylic acids is 2. The lowest BCUT2D eigenvalue weighted by Gasteiger charge is -2.35. The van der Waals surface area contributed by atoms with Crippen molar-refractivity contribution in [2.24, 2.45) is 5.92 Å². The first-order valence-corrected chi connectivity index (χ1v) is 11.1. The maximum atomic E-state index is 13.1. The number of fused-ring (bicyclic) bond motifs is 1. The first-order chi connectivity index (χ1) is 15.1. The number of thiazole rings is 1. The van der Waals surface area contributed by atoms with Crippen molar-refractivity contribution in [1.29, 1.82) is 0 Å². The molecule has 2 saturated heterocycles. The van der Waals surface area contributed by atoms with E-state index in [0.29, 0.717) is 25.4 Å². The predicted molar refractivity (Wildman–Crippen MR) is 120 cm³/mol. The molecule has 2 aliphatic rings. The van der Waals surface area contributed by atoms with Gasteiger partial charge in [0.2, 0.25) is 11.8 Å². The van der Waals surface area contributed by atoms with Crippen LogP contribution in [0.2, 0.25) is 0 Å². The van der Waals surface area contributed by atoms with Gasteiger partial charge in [-0.15, -0.1) is 0 Å². The van der Waals surface area contributed by atoms with Crippen LogP contribution in [-0.4, -0.2) is 66.5 Å². The highest BCUT2D eigenvalue weighted by molar-refractivity contribution is 7.21. The van der Waals surface area contributed by atoms with E-state index in [4.69, 9.17) is 4.74 Å². The van der Waals surface area contributed by atoms with Crippen LogP contribution in [0.1, 0.15) is 6.42 Å².